The summed E-state index contributed by atoms with van der Waals surface area (Å²) in [6, 6.07) is 10.5. The van der Waals surface area contributed by atoms with Crippen molar-refractivity contribution in [2.24, 2.45) is 0 Å². The van der Waals surface area contributed by atoms with Crippen molar-refractivity contribution in [1.29, 1.82) is 0 Å². The summed E-state index contributed by atoms with van der Waals surface area (Å²) in [6.45, 7) is 2.10. The summed E-state index contributed by atoms with van der Waals surface area (Å²) >= 11 is 1.72. The summed E-state index contributed by atoms with van der Waals surface area (Å²) in [5.74, 6) is 0. The fourth-order valence-corrected chi connectivity index (χ4v) is 3.61. The molecule has 0 saturated heterocycles. The predicted octanol–water partition coefficient (Wildman–Crippen LogP) is 3.43. The molecule has 17 heavy (non-hydrogen) atoms. The summed E-state index contributed by atoms with van der Waals surface area (Å²) < 4.78 is 0. The summed E-state index contributed by atoms with van der Waals surface area (Å²) in [5.41, 5.74) is 3.16. The lowest BCUT2D eigenvalue weighted by atomic mass is 9.77. The Kier molecular flexibility index (Phi) is 2.57. The van der Waals surface area contributed by atoms with Crippen LogP contribution in [0.1, 0.15) is 28.0 Å². The minimum absolute atomic E-state index is 0.654. The van der Waals surface area contributed by atoms with Crippen molar-refractivity contribution >= 4 is 11.3 Å². The first kappa shape index (κ1) is 11.0. The summed E-state index contributed by atoms with van der Waals surface area (Å²) in [7, 11) is 0. The maximum Gasteiger partial charge on any atom is 0.0950 e. The van der Waals surface area contributed by atoms with Gasteiger partial charge >= 0.3 is 0 Å². The van der Waals surface area contributed by atoms with E-state index in [1.807, 2.05) is 0 Å². The molecule has 1 unspecified atom stereocenters. The van der Waals surface area contributed by atoms with Crippen LogP contribution in [0.2, 0.25) is 0 Å². The quantitative estimate of drug-likeness (QED) is 0.815. The van der Waals surface area contributed by atoms with Crippen LogP contribution < -0.4 is 0 Å². The SMILES string of the molecule is Cc1sccc1C1(O)CCc2ccccc2C1. The van der Waals surface area contributed by atoms with Crippen LogP contribution in [0.5, 0.6) is 0 Å². The molecule has 0 amide bonds. The van der Waals surface area contributed by atoms with Crippen LogP contribution in [0, 0.1) is 6.92 Å². The Morgan fingerprint density at radius 2 is 1.94 bits per heavy atom. The van der Waals surface area contributed by atoms with Crippen molar-refractivity contribution in [3.63, 3.8) is 0 Å². The average Bonchev–Trinajstić information content (AvgIpc) is 2.76. The van der Waals surface area contributed by atoms with Crippen LogP contribution in [-0.2, 0) is 18.4 Å². The molecule has 1 aromatic carbocycles. The van der Waals surface area contributed by atoms with E-state index in [0.29, 0.717) is 0 Å². The monoisotopic (exact) mass is 244 g/mol. The molecule has 1 nitrogen and oxygen atoms in total. The van der Waals surface area contributed by atoms with E-state index in [0.717, 1.165) is 24.8 Å². The van der Waals surface area contributed by atoms with Crippen LogP contribution in [0.3, 0.4) is 0 Å². The van der Waals surface area contributed by atoms with Gasteiger partial charge in [-0.05, 0) is 47.9 Å². The van der Waals surface area contributed by atoms with Gasteiger partial charge in [0.05, 0.1) is 5.60 Å². The number of benzene rings is 1. The summed E-state index contributed by atoms with van der Waals surface area (Å²) in [5, 5.41) is 12.9. The zero-order chi connectivity index (χ0) is 11.9. The van der Waals surface area contributed by atoms with E-state index in [1.54, 1.807) is 11.3 Å². The van der Waals surface area contributed by atoms with Gasteiger partial charge in [-0.1, -0.05) is 24.3 Å². The fourth-order valence-electron chi connectivity index (χ4n) is 2.82. The highest BCUT2D eigenvalue weighted by Gasteiger charge is 2.35. The summed E-state index contributed by atoms with van der Waals surface area (Å²) in [6.07, 6.45) is 2.56. The Labute approximate surface area is 106 Å². The van der Waals surface area contributed by atoms with Gasteiger partial charge in [-0.3, -0.25) is 0 Å². The van der Waals surface area contributed by atoms with Gasteiger partial charge in [-0.15, -0.1) is 11.3 Å². The summed E-state index contributed by atoms with van der Waals surface area (Å²) in [4.78, 5) is 1.24. The van der Waals surface area contributed by atoms with E-state index in [4.69, 9.17) is 0 Å². The van der Waals surface area contributed by atoms with Gasteiger partial charge < -0.3 is 5.11 Å². The van der Waals surface area contributed by atoms with Crippen molar-refractivity contribution < 1.29 is 5.11 Å². The van der Waals surface area contributed by atoms with Gasteiger partial charge in [0.2, 0.25) is 0 Å². The molecule has 0 spiro atoms. The predicted molar refractivity (Wildman–Crippen MR) is 71.4 cm³/mol. The molecule has 1 aromatic heterocycles. The number of thiophene rings is 1. The fraction of sp³-hybridized carbons (Fsp3) is 0.333. The number of hydrogen-bond acceptors (Lipinski definition) is 2. The molecule has 1 N–H and O–H groups in total. The van der Waals surface area contributed by atoms with Crippen molar-refractivity contribution in [2.75, 3.05) is 0 Å². The van der Waals surface area contributed by atoms with Gasteiger partial charge in [0.15, 0.2) is 0 Å². The highest BCUT2D eigenvalue weighted by atomic mass is 32.1. The molecule has 0 fully saturated rings. The maximum atomic E-state index is 10.9. The van der Waals surface area contributed by atoms with E-state index in [9.17, 15) is 5.11 Å². The molecule has 1 atom stereocenters. The Bertz CT molecular complexity index is 543. The topological polar surface area (TPSA) is 20.2 Å². The molecule has 2 heteroatoms. The number of rotatable bonds is 1. The molecular formula is C15H16OS. The minimum atomic E-state index is -0.654. The molecule has 88 valence electrons. The standard InChI is InChI=1S/C15H16OS/c1-11-14(7-9-17-11)15(16)8-6-12-4-2-3-5-13(12)10-15/h2-5,7,9,16H,6,8,10H2,1H3. The highest BCUT2D eigenvalue weighted by Crippen LogP contribution is 2.39. The molecule has 0 bridgehead atoms. The van der Waals surface area contributed by atoms with Gasteiger partial charge in [0.25, 0.3) is 0 Å². The molecule has 0 aliphatic heterocycles. The molecular weight excluding hydrogens is 228 g/mol. The van der Waals surface area contributed by atoms with Gasteiger partial charge in [-0.2, -0.15) is 0 Å². The second kappa shape index (κ2) is 3.97. The molecule has 3 rings (SSSR count). The van der Waals surface area contributed by atoms with E-state index in [1.165, 1.54) is 16.0 Å². The van der Waals surface area contributed by atoms with Crippen LogP contribution in [-0.4, -0.2) is 5.11 Å². The van der Waals surface area contributed by atoms with Crippen molar-refractivity contribution in [1.82, 2.24) is 0 Å². The van der Waals surface area contributed by atoms with Crippen molar-refractivity contribution in [3.05, 3.63) is 57.3 Å². The van der Waals surface area contributed by atoms with E-state index in [2.05, 4.69) is 42.6 Å². The third kappa shape index (κ3) is 1.81. The number of aryl methyl sites for hydroxylation is 2. The first-order valence-electron chi connectivity index (χ1n) is 6.03. The van der Waals surface area contributed by atoms with Crippen LogP contribution in [0.25, 0.3) is 0 Å². The zero-order valence-electron chi connectivity index (χ0n) is 9.94. The van der Waals surface area contributed by atoms with Crippen LogP contribution >= 0.6 is 11.3 Å². The number of hydrogen-bond donors (Lipinski definition) is 1. The first-order valence-corrected chi connectivity index (χ1v) is 6.91. The molecule has 0 saturated carbocycles. The second-order valence-electron chi connectivity index (χ2n) is 4.87. The average molecular weight is 244 g/mol. The normalized spacial score (nSPS) is 23.4. The Balaban J connectivity index is 2.01. The van der Waals surface area contributed by atoms with E-state index < -0.39 is 5.60 Å². The van der Waals surface area contributed by atoms with Gasteiger partial charge in [-0.25, -0.2) is 0 Å². The minimum Gasteiger partial charge on any atom is -0.385 e. The van der Waals surface area contributed by atoms with Crippen molar-refractivity contribution in [3.8, 4) is 0 Å². The lowest BCUT2D eigenvalue weighted by molar-refractivity contribution is 0.0221. The number of fused-ring (bicyclic) bond motifs is 1. The Hall–Kier alpha value is -1.12. The molecule has 2 aromatic rings. The van der Waals surface area contributed by atoms with Crippen molar-refractivity contribution in [2.45, 2.75) is 31.8 Å². The highest BCUT2D eigenvalue weighted by molar-refractivity contribution is 7.10. The van der Waals surface area contributed by atoms with Gasteiger partial charge in [0.1, 0.15) is 0 Å². The van der Waals surface area contributed by atoms with Crippen LogP contribution in [0.15, 0.2) is 35.7 Å². The largest absolute Gasteiger partial charge is 0.385 e. The Morgan fingerprint density at radius 3 is 2.65 bits per heavy atom. The maximum absolute atomic E-state index is 10.9. The van der Waals surface area contributed by atoms with E-state index >= 15 is 0 Å². The third-order valence-electron chi connectivity index (χ3n) is 3.77. The smallest absolute Gasteiger partial charge is 0.0950 e. The molecule has 1 aliphatic rings. The van der Waals surface area contributed by atoms with Gasteiger partial charge in [0, 0.05) is 11.3 Å². The zero-order valence-corrected chi connectivity index (χ0v) is 10.8. The third-order valence-corrected chi connectivity index (χ3v) is 4.62. The Morgan fingerprint density at radius 1 is 1.18 bits per heavy atom. The first-order chi connectivity index (χ1) is 8.19. The number of aliphatic hydroxyl groups is 1. The van der Waals surface area contributed by atoms with Crippen LogP contribution in [0.4, 0.5) is 0 Å². The van der Waals surface area contributed by atoms with E-state index in [-0.39, 0.29) is 0 Å². The molecule has 0 radical (unpaired) electrons. The second-order valence-corrected chi connectivity index (χ2v) is 5.99. The molecule has 1 aliphatic carbocycles. The lowest BCUT2D eigenvalue weighted by Crippen LogP contribution is -2.33. The molecule has 1 heterocycles. The lowest BCUT2D eigenvalue weighted by Gasteiger charge is -2.34.